The molecule has 12 heteroatoms. The molecule has 0 aliphatic heterocycles. The van der Waals surface area contributed by atoms with Crippen molar-refractivity contribution in [3.05, 3.63) is 67.8 Å². The van der Waals surface area contributed by atoms with Gasteiger partial charge in [0.2, 0.25) is 0 Å². The van der Waals surface area contributed by atoms with Gasteiger partial charge in [0, 0.05) is 12.1 Å². The van der Waals surface area contributed by atoms with Crippen LogP contribution in [0.1, 0.15) is 11.1 Å². The maximum Gasteiger partial charge on any atom is 0.310 e. The van der Waals surface area contributed by atoms with Gasteiger partial charge in [0.25, 0.3) is 0 Å². The fourth-order valence-corrected chi connectivity index (χ4v) is 2.08. The minimum absolute atomic E-state index is 0.0257. The maximum atomic E-state index is 10.9. The minimum Gasteiger partial charge on any atom is -0.502 e. The average molecular weight is 408 g/mol. The van der Waals surface area contributed by atoms with Gasteiger partial charge >= 0.3 is 23.3 Å². The molecule has 154 valence electrons. The Morgan fingerprint density at radius 2 is 1.31 bits per heavy atom. The summed E-state index contributed by atoms with van der Waals surface area (Å²) in [4.78, 5) is 40.4. The van der Waals surface area contributed by atoms with E-state index < -0.39 is 39.0 Å². The number of carbonyl (C=O) groups excluding carboxylic acids is 1. The van der Waals surface area contributed by atoms with Crippen molar-refractivity contribution in [1.82, 2.24) is 0 Å². The van der Waals surface area contributed by atoms with Crippen LogP contribution in [0.2, 0.25) is 0 Å². The van der Waals surface area contributed by atoms with Crippen molar-refractivity contribution in [2.24, 2.45) is 0 Å². The molecule has 0 aliphatic carbocycles. The molecule has 12 nitrogen and oxygen atoms in total. The number of nitrogens with zero attached hydrogens (tertiary/aromatic N) is 2. The van der Waals surface area contributed by atoms with Gasteiger partial charge in [0.05, 0.1) is 29.8 Å². The van der Waals surface area contributed by atoms with E-state index in [1.54, 1.807) is 0 Å². The zero-order chi connectivity index (χ0) is 22.1. The molecule has 0 amide bonds. The van der Waals surface area contributed by atoms with Crippen molar-refractivity contribution in [2.75, 3.05) is 7.11 Å². The van der Waals surface area contributed by atoms with Crippen LogP contribution in [-0.2, 0) is 27.2 Å². The second-order valence-corrected chi connectivity index (χ2v) is 5.48. The minimum atomic E-state index is -1.06. The van der Waals surface area contributed by atoms with E-state index in [0.717, 1.165) is 18.2 Å². The van der Waals surface area contributed by atoms with Crippen molar-refractivity contribution >= 4 is 23.3 Å². The van der Waals surface area contributed by atoms with Gasteiger partial charge in [0.15, 0.2) is 11.5 Å². The number of phenols is 2. The number of carboxylic acid groups (broad SMARTS) is 1. The Kier molecular flexibility index (Phi) is 8.03. The molecular formula is C17H16N2O10. The van der Waals surface area contributed by atoms with E-state index >= 15 is 0 Å². The van der Waals surface area contributed by atoms with Crippen LogP contribution in [0.4, 0.5) is 11.4 Å². The van der Waals surface area contributed by atoms with Gasteiger partial charge in [-0.25, -0.2) is 0 Å². The van der Waals surface area contributed by atoms with Gasteiger partial charge in [-0.05, 0) is 23.3 Å². The third-order valence-corrected chi connectivity index (χ3v) is 3.40. The Morgan fingerprint density at radius 3 is 1.62 bits per heavy atom. The molecule has 0 radical (unpaired) electrons. The SMILES string of the molecule is COC(=O)Cc1ccc([N+](=O)[O-])c(O)c1.O=C(O)Cc1ccc([N+](=O)[O-])c(O)c1. The summed E-state index contributed by atoms with van der Waals surface area (Å²) in [6, 6.07) is 7.17. The first-order valence-electron chi connectivity index (χ1n) is 7.76. The summed E-state index contributed by atoms with van der Waals surface area (Å²) in [5.74, 6) is -2.50. The molecule has 2 aromatic carbocycles. The number of methoxy groups -OCH3 is 1. The van der Waals surface area contributed by atoms with Gasteiger partial charge in [-0.15, -0.1) is 0 Å². The van der Waals surface area contributed by atoms with E-state index in [9.17, 15) is 34.9 Å². The van der Waals surface area contributed by atoms with Crippen LogP contribution in [0, 0.1) is 20.2 Å². The first kappa shape index (κ1) is 22.8. The van der Waals surface area contributed by atoms with E-state index in [1.807, 2.05) is 0 Å². The van der Waals surface area contributed by atoms with Crippen LogP contribution in [0.15, 0.2) is 36.4 Å². The van der Waals surface area contributed by atoms with Gasteiger partial charge in [0.1, 0.15) is 0 Å². The highest BCUT2D eigenvalue weighted by atomic mass is 16.6. The largest absolute Gasteiger partial charge is 0.502 e. The quantitative estimate of drug-likeness (QED) is 0.361. The molecule has 0 atom stereocenters. The molecule has 0 fully saturated rings. The van der Waals surface area contributed by atoms with Crippen molar-refractivity contribution in [2.45, 2.75) is 12.8 Å². The zero-order valence-electron chi connectivity index (χ0n) is 15.0. The highest BCUT2D eigenvalue weighted by molar-refractivity contribution is 5.73. The summed E-state index contributed by atoms with van der Waals surface area (Å²) in [7, 11) is 1.24. The van der Waals surface area contributed by atoms with Crippen molar-refractivity contribution in [3.8, 4) is 11.5 Å². The van der Waals surface area contributed by atoms with Gasteiger partial charge < -0.3 is 20.1 Å². The molecule has 0 heterocycles. The first-order valence-corrected chi connectivity index (χ1v) is 7.76. The number of rotatable bonds is 6. The third-order valence-electron chi connectivity index (χ3n) is 3.40. The number of nitro benzene ring substituents is 2. The van der Waals surface area contributed by atoms with Gasteiger partial charge in [-0.1, -0.05) is 12.1 Å². The summed E-state index contributed by atoms with van der Waals surface area (Å²) in [6.07, 6.45) is -0.298. The number of esters is 1. The summed E-state index contributed by atoms with van der Waals surface area (Å²) in [6.45, 7) is 0. The van der Waals surface area contributed by atoms with E-state index in [-0.39, 0.29) is 18.5 Å². The average Bonchev–Trinajstić information content (AvgIpc) is 2.61. The topological polar surface area (TPSA) is 190 Å². The number of carboxylic acids is 1. The second kappa shape index (κ2) is 10.2. The molecule has 0 aromatic heterocycles. The number of phenolic OH excluding ortho intramolecular Hbond substituents is 2. The molecule has 3 N–H and O–H groups in total. The van der Waals surface area contributed by atoms with E-state index in [4.69, 9.17) is 10.2 Å². The molecule has 29 heavy (non-hydrogen) atoms. The number of aromatic hydroxyl groups is 2. The van der Waals surface area contributed by atoms with E-state index in [2.05, 4.69) is 4.74 Å². The Morgan fingerprint density at radius 1 is 0.897 bits per heavy atom. The third kappa shape index (κ3) is 7.13. The number of ether oxygens (including phenoxy) is 1. The monoisotopic (exact) mass is 408 g/mol. The predicted molar refractivity (Wildman–Crippen MR) is 96.6 cm³/mol. The lowest BCUT2D eigenvalue weighted by molar-refractivity contribution is -0.386. The Labute approximate surface area is 162 Å². The Hall–Kier alpha value is -4.22. The van der Waals surface area contributed by atoms with E-state index in [1.165, 1.54) is 25.3 Å². The van der Waals surface area contributed by atoms with Crippen molar-refractivity contribution < 1.29 is 39.5 Å². The van der Waals surface area contributed by atoms with E-state index in [0.29, 0.717) is 11.1 Å². The number of hydrogen-bond acceptors (Lipinski definition) is 9. The Balaban J connectivity index is 0.000000291. The smallest absolute Gasteiger partial charge is 0.310 e. The molecule has 0 saturated heterocycles. The summed E-state index contributed by atoms with van der Waals surface area (Å²) < 4.78 is 4.42. The fourth-order valence-electron chi connectivity index (χ4n) is 2.08. The molecule has 0 spiro atoms. The number of aliphatic carboxylic acids is 1. The van der Waals surface area contributed by atoms with Crippen LogP contribution in [-0.4, -0.2) is 44.2 Å². The predicted octanol–water partition coefficient (Wildman–Crippen LogP) is 1.94. The second-order valence-electron chi connectivity index (χ2n) is 5.48. The number of benzene rings is 2. The lowest BCUT2D eigenvalue weighted by atomic mass is 10.1. The standard InChI is InChI=1S/C9H9NO5.C8H7NO5/c1-15-9(12)5-6-2-3-7(10(13)14)8(11)4-6;10-7-3-5(4-8(11)12)1-2-6(7)9(13)14/h2-4,11H,5H2,1H3;1-3,10H,4H2,(H,11,12). The molecule has 2 rings (SSSR count). The molecule has 0 saturated carbocycles. The number of carbonyl (C=O) groups is 2. The van der Waals surface area contributed by atoms with Crippen molar-refractivity contribution in [3.63, 3.8) is 0 Å². The molecule has 0 bridgehead atoms. The maximum absolute atomic E-state index is 10.9. The van der Waals surface area contributed by atoms with Crippen LogP contribution >= 0.6 is 0 Å². The molecule has 0 aliphatic rings. The molecule has 2 aromatic rings. The van der Waals surface area contributed by atoms with Gasteiger partial charge in [-0.2, -0.15) is 0 Å². The van der Waals surface area contributed by atoms with Crippen LogP contribution in [0.3, 0.4) is 0 Å². The highest BCUT2D eigenvalue weighted by Crippen LogP contribution is 2.27. The first-order chi connectivity index (χ1) is 13.5. The van der Waals surface area contributed by atoms with Crippen molar-refractivity contribution in [1.29, 1.82) is 0 Å². The lowest BCUT2D eigenvalue weighted by Gasteiger charge is -2.01. The van der Waals surface area contributed by atoms with Crippen LogP contribution in [0.5, 0.6) is 11.5 Å². The molecular weight excluding hydrogens is 392 g/mol. The summed E-state index contributed by atoms with van der Waals surface area (Å²) >= 11 is 0. The highest BCUT2D eigenvalue weighted by Gasteiger charge is 2.14. The van der Waals surface area contributed by atoms with Crippen LogP contribution < -0.4 is 0 Å². The summed E-state index contributed by atoms with van der Waals surface area (Å²) in [5.41, 5.74) is -0.0340. The zero-order valence-corrected chi connectivity index (χ0v) is 15.0. The van der Waals surface area contributed by atoms with Crippen LogP contribution in [0.25, 0.3) is 0 Å². The number of nitro groups is 2. The normalized spacial score (nSPS) is 9.69. The fraction of sp³-hybridized carbons (Fsp3) is 0.176. The lowest BCUT2D eigenvalue weighted by Crippen LogP contribution is -2.04. The number of hydrogen-bond donors (Lipinski definition) is 3. The Bertz CT molecular complexity index is 942. The van der Waals surface area contributed by atoms with Gasteiger partial charge in [-0.3, -0.25) is 29.8 Å². The summed E-state index contributed by atoms with van der Waals surface area (Å²) in [5, 5.41) is 47.5. The molecule has 0 unspecified atom stereocenters.